The summed E-state index contributed by atoms with van der Waals surface area (Å²) in [5.74, 6) is 0.493. The molecule has 2 aliphatic heterocycles. The number of rotatable bonds is 6. The number of carbonyl (C=O) groups excluding carboxylic acids is 2. The van der Waals surface area contributed by atoms with E-state index in [0.29, 0.717) is 48.3 Å². The lowest BCUT2D eigenvalue weighted by molar-refractivity contribution is -0.140. The maximum atomic E-state index is 12.9. The predicted molar refractivity (Wildman–Crippen MR) is 135 cm³/mol. The van der Waals surface area contributed by atoms with Crippen molar-refractivity contribution in [3.8, 4) is 5.75 Å². The smallest absolute Gasteiger partial charge is 0.257 e. The Morgan fingerprint density at radius 2 is 2.06 bits per heavy atom. The number of carbonyl (C=O) groups is 2. The molecule has 2 unspecified atom stereocenters. The summed E-state index contributed by atoms with van der Waals surface area (Å²) in [6.07, 6.45) is 2.35. The average Bonchev–Trinajstić information content (AvgIpc) is 3.37. The van der Waals surface area contributed by atoms with Crippen molar-refractivity contribution in [1.82, 2.24) is 14.8 Å². The van der Waals surface area contributed by atoms with Gasteiger partial charge < -0.3 is 19.7 Å². The molecule has 0 radical (unpaired) electrons. The maximum Gasteiger partial charge on any atom is 0.257 e. The molecule has 4 rings (SSSR count). The summed E-state index contributed by atoms with van der Waals surface area (Å²) < 4.78 is 10.7. The van der Waals surface area contributed by atoms with E-state index in [4.69, 9.17) is 21.1 Å². The van der Waals surface area contributed by atoms with Gasteiger partial charge >= 0.3 is 0 Å². The molecule has 1 N–H and O–H groups in total. The third-order valence-electron chi connectivity index (χ3n) is 6.92. The van der Waals surface area contributed by atoms with E-state index in [1.807, 2.05) is 24.8 Å². The first-order valence-electron chi connectivity index (χ1n) is 12.0. The molecule has 1 aromatic carbocycles. The van der Waals surface area contributed by atoms with Crippen LogP contribution in [0.4, 0.5) is 5.69 Å². The van der Waals surface area contributed by atoms with Crippen molar-refractivity contribution in [2.45, 2.75) is 39.8 Å². The van der Waals surface area contributed by atoms with Crippen molar-refractivity contribution in [1.29, 1.82) is 0 Å². The van der Waals surface area contributed by atoms with Gasteiger partial charge in [0.1, 0.15) is 5.75 Å². The van der Waals surface area contributed by atoms with Gasteiger partial charge in [-0.2, -0.15) is 0 Å². The van der Waals surface area contributed by atoms with Crippen molar-refractivity contribution in [2.24, 2.45) is 5.92 Å². The summed E-state index contributed by atoms with van der Waals surface area (Å²) in [5, 5.41) is 3.53. The van der Waals surface area contributed by atoms with Crippen LogP contribution in [-0.2, 0) is 16.1 Å². The molecule has 0 bridgehead atoms. The fourth-order valence-electron chi connectivity index (χ4n) is 4.78. The van der Waals surface area contributed by atoms with Crippen molar-refractivity contribution in [3.05, 3.63) is 51.8 Å². The minimum atomic E-state index is -0.274. The Bertz CT molecular complexity index is 1100. The molecule has 0 spiro atoms. The third kappa shape index (κ3) is 5.77. The van der Waals surface area contributed by atoms with Crippen LogP contribution in [-0.4, -0.2) is 72.6 Å². The van der Waals surface area contributed by atoms with Gasteiger partial charge in [0, 0.05) is 55.7 Å². The SMILES string of the molecule is COc1cc(C(=O)Nc2cc(Cl)cc(CN3CCN(C(=O)C4CCOC4)C(C)C3)c2C)cnc1C. The first-order valence-corrected chi connectivity index (χ1v) is 12.4. The van der Waals surface area contributed by atoms with Crippen molar-refractivity contribution < 1.29 is 19.1 Å². The molecule has 35 heavy (non-hydrogen) atoms. The molecule has 1 aromatic heterocycles. The van der Waals surface area contributed by atoms with Gasteiger partial charge in [-0.05, 0) is 56.5 Å². The molecule has 0 aliphatic carbocycles. The van der Waals surface area contributed by atoms with Crippen LogP contribution >= 0.6 is 11.6 Å². The summed E-state index contributed by atoms with van der Waals surface area (Å²) in [7, 11) is 1.55. The number of aromatic nitrogens is 1. The van der Waals surface area contributed by atoms with Crippen LogP contribution in [0.5, 0.6) is 5.75 Å². The summed E-state index contributed by atoms with van der Waals surface area (Å²) in [6.45, 7) is 10.1. The fraction of sp³-hybridized carbons (Fsp3) is 0.500. The molecule has 2 aliphatic rings. The van der Waals surface area contributed by atoms with Crippen LogP contribution in [0.1, 0.15) is 40.5 Å². The van der Waals surface area contributed by atoms with E-state index in [9.17, 15) is 9.59 Å². The van der Waals surface area contributed by atoms with E-state index in [-0.39, 0.29) is 23.8 Å². The van der Waals surface area contributed by atoms with Gasteiger partial charge in [-0.15, -0.1) is 0 Å². The van der Waals surface area contributed by atoms with Gasteiger partial charge in [0.2, 0.25) is 5.91 Å². The highest BCUT2D eigenvalue weighted by molar-refractivity contribution is 6.31. The molecule has 2 fully saturated rings. The Morgan fingerprint density at radius 1 is 1.26 bits per heavy atom. The average molecular weight is 501 g/mol. The highest BCUT2D eigenvalue weighted by atomic mass is 35.5. The second-order valence-electron chi connectivity index (χ2n) is 9.38. The molecule has 3 heterocycles. The molecule has 2 amide bonds. The number of pyridine rings is 1. The quantitative estimate of drug-likeness (QED) is 0.651. The van der Waals surface area contributed by atoms with Crippen LogP contribution in [0.15, 0.2) is 24.4 Å². The third-order valence-corrected chi connectivity index (χ3v) is 7.14. The monoisotopic (exact) mass is 500 g/mol. The van der Waals surface area contributed by atoms with Crippen LogP contribution < -0.4 is 10.1 Å². The zero-order valence-corrected chi connectivity index (χ0v) is 21.5. The van der Waals surface area contributed by atoms with E-state index >= 15 is 0 Å². The zero-order chi connectivity index (χ0) is 25.1. The highest BCUT2D eigenvalue weighted by Gasteiger charge is 2.33. The zero-order valence-electron chi connectivity index (χ0n) is 20.8. The number of aryl methyl sites for hydroxylation is 1. The van der Waals surface area contributed by atoms with Gasteiger partial charge in [-0.25, -0.2) is 0 Å². The van der Waals surface area contributed by atoms with Gasteiger partial charge in [0.25, 0.3) is 5.91 Å². The topological polar surface area (TPSA) is 84.0 Å². The number of benzene rings is 1. The number of methoxy groups -OCH3 is 1. The molecule has 2 aromatic rings. The lowest BCUT2D eigenvalue weighted by Gasteiger charge is -2.41. The summed E-state index contributed by atoms with van der Waals surface area (Å²) in [5.41, 5.74) is 3.81. The van der Waals surface area contributed by atoms with E-state index in [1.54, 1.807) is 19.2 Å². The van der Waals surface area contributed by atoms with Gasteiger partial charge in [0.15, 0.2) is 0 Å². The van der Waals surface area contributed by atoms with Crippen LogP contribution in [0, 0.1) is 19.8 Å². The summed E-state index contributed by atoms with van der Waals surface area (Å²) >= 11 is 6.44. The largest absolute Gasteiger partial charge is 0.495 e. The van der Waals surface area contributed by atoms with Gasteiger partial charge in [-0.3, -0.25) is 19.5 Å². The first-order chi connectivity index (χ1) is 16.8. The number of hydrogen-bond acceptors (Lipinski definition) is 6. The number of piperazine rings is 1. The number of amides is 2. The van der Waals surface area contributed by atoms with E-state index in [2.05, 4.69) is 22.1 Å². The maximum absolute atomic E-state index is 12.9. The second-order valence-corrected chi connectivity index (χ2v) is 9.82. The van der Waals surface area contributed by atoms with Gasteiger partial charge in [0.05, 0.1) is 30.9 Å². The Labute approximate surface area is 211 Å². The number of anilines is 1. The Balaban J connectivity index is 1.43. The predicted octanol–water partition coefficient (Wildman–Crippen LogP) is 3.68. The summed E-state index contributed by atoms with van der Waals surface area (Å²) in [6, 6.07) is 5.51. The highest BCUT2D eigenvalue weighted by Crippen LogP contribution is 2.28. The molecule has 0 saturated carbocycles. The molecule has 188 valence electrons. The summed E-state index contributed by atoms with van der Waals surface area (Å²) in [4.78, 5) is 34.3. The standard InChI is InChI=1S/C26H33ClN4O4/c1-16-13-30(6-7-31(16)26(33)19-5-8-35-15-19)14-21-9-22(27)11-23(17(21)2)29-25(32)20-10-24(34-4)18(3)28-12-20/h9-12,16,19H,5-8,13-15H2,1-4H3,(H,29,32). The number of halogens is 1. The normalized spacial score (nSPS) is 20.7. The molecule has 2 atom stereocenters. The molecular weight excluding hydrogens is 468 g/mol. The number of hydrogen-bond donors (Lipinski definition) is 1. The van der Waals surface area contributed by atoms with Crippen molar-refractivity contribution >= 4 is 29.1 Å². The number of nitrogens with zero attached hydrogens (tertiary/aromatic N) is 3. The minimum Gasteiger partial charge on any atom is -0.495 e. The molecular formula is C26H33ClN4O4. The van der Waals surface area contributed by atoms with E-state index in [0.717, 1.165) is 36.3 Å². The number of nitrogens with one attached hydrogen (secondary N) is 1. The Kier molecular flexibility index (Phi) is 7.94. The molecule has 8 nitrogen and oxygen atoms in total. The molecule has 2 saturated heterocycles. The van der Waals surface area contributed by atoms with E-state index < -0.39 is 0 Å². The van der Waals surface area contributed by atoms with Crippen LogP contribution in [0.3, 0.4) is 0 Å². The Hall–Kier alpha value is -2.68. The van der Waals surface area contributed by atoms with Crippen LogP contribution in [0.25, 0.3) is 0 Å². The van der Waals surface area contributed by atoms with Crippen molar-refractivity contribution in [2.75, 3.05) is 45.3 Å². The minimum absolute atomic E-state index is 0.00552. The lowest BCUT2D eigenvalue weighted by Crippen LogP contribution is -2.55. The fourth-order valence-corrected chi connectivity index (χ4v) is 5.02. The second kappa shape index (κ2) is 10.9. The van der Waals surface area contributed by atoms with Gasteiger partial charge in [-0.1, -0.05) is 11.6 Å². The lowest BCUT2D eigenvalue weighted by atomic mass is 10.0. The van der Waals surface area contributed by atoms with Crippen molar-refractivity contribution in [3.63, 3.8) is 0 Å². The van der Waals surface area contributed by atoms with Crippen LogP contribution in [0.2, 0.25) is 5.02 Å². The van der Waals surface area contributed by atoms with E-state index in [1.165, 1.54) is 6.20 Å². The number of ether oxygens (including phenoxy) is 2. The first kappa shape index (κ1) is 25.4. The Morgan fingerprint density at radius 3 is 2.74 bits per heavy atom. The molecule has 9 heteroatoms.